The molecule has 0 aromatic heterocycles. The van der Waals surface area contributed by atoms with Crippen LogP contribution in [0.15, 0.2) is 59.7 Å². The number of amides is 1. The van der Waals surface area contributed by atoms with Crippen molar-refractivity contribution in [3.05, 3.63) is 76.4 Å². The number of ether oxygens (including phenoxy) is 1. The van der Waals surface area contributed by atoms with Gasteiger partial charge >= 0.3 is 5.97 Å². The van der Waals surface area contributed by atoms with Gasteiger partial charge in [-0.25, -0.2) is 4.79 Å². The summed E-state index contributed by atoms with van der Waals surface area (Å²) in [5, 5.41) is 13.1. The summed E-state index contributed by atoms with van der Waals surface area (Å²) in [6, 6.07) is 15.3. The first kappa shape index (κ1) is 22.7. The molecule has 6 heteroatoms. The lowest BCUT2D eigenvalue weighted by Crippen LogP contribution is -2.51. The average molecular weight is 461 g/mol. The van der Waals surface area contributed by atoms with E-state index in [1.165, 1.54) is 5.56 Å². The topological polar surface area (TPSA) is 78.9 Å². The van der Waals surface area contributed by atoms with E-state index >= 15 is 0 Å². The number of aromatic hydroxyl groups is 1. The maximum Gasteiger partial charge on any atom is 0.334 e. The van der Waals surface area contributed by atoms with Crippen LogP contribution in [0, 0.1) is 5.92 Å². The molecule has 2 aromatic rings. The van der Waals surface area contributed by atoms with Crippen molar-refractivity contribution in [2.24, 2.45) is 5.92 Å². The summed E-state index contributed by atoms with van der Waals surface area (Å²) in [5.74, 6) is 0.595. The molecular formula is C28H32N2O4. The van der Waals surface area contributed by atoms with Gasteiger partial charge in [0.1, 0.15) is 11.9 Å². The van der Waals surface area contributed by atoms with E-state index in [9.17, 15) is 14.7 Å². The SMILES string of the molecule is CC(C)CC(c1ccccc1)C1OC(=O)C2=C1CN(C(=O)C1Cc3ccc(O)cc3CN1)CC2. The number of benzene rings is 2. The molecule has 0 aliphatic carbocycles. The molecule has 1 amide bonds. The Bertz CT molecular complexity index is 1120. The van der Waals surface area contributed by atoms with Crippen LogP contribution in [0.4, 0.5) is 0 Å². The minimum atomic E-state index is -0.328. The van der Waals surface area contributed by atoms with Gasteiger partial charge in [0, 0.05) is 36.7 Å². The lowest BCUT2D eigenvalue weighted by Gasteiger charge is -2.35. The number of nitrogens with zero attached hydrogens (tertiary/aromatic N) is 1. The molecule has 178 valence electrons. The van der Waals surface area contributed by atoms with Gasteiger partial charge in [-0.1, -0.05) is 50.2 Å². The lowest BCUT2D eigenvalue weighted by molar-refractivity contribution is -0.140. The molecule has 3 aliphatic heterocycles. The van der Waals surface area contributed by atoms with Gasteiger partial charge in [-0.05, 0) is 54.0 Å². The normalized spacial score (nSPS) is 22.9. The molecule has 34 heavy (non-hydrogen) atoms. The number of carbonyl (C=O) groups excluding carboxylic acids is 2. The molecule has 6 nitrogen and oxygen atoms in total. The third-order valence-electron chi connectivity index (χ3n) is 7.29. The van der Waals surface area contributed by atoms with Crippen molar-refractivity contribution in [2.75, 3.05) is 13.1 Å². The highest BCUT2D eigenvalue weighted by Gasteiger charge is 2.43. The maximum atomic E-state index is 13.5. The van der Waals surface area contributed by atoms with Crippen molar-refractivity contribution in [3.63, 3.8) is 0 Å². The summed E-state index contributed by atoms with van der Waals surface area (Å²) in [4.78, 5) is 28.1. The molecule has 0 radical (unpaired) electrons. The Morgan fingerprint density at radius 3 is 2.74 bits per heavy atom. The van der Waals surface area contributed by atoms with Crippen LogP contribution in [0.2, 0.25) is 0 Å². The first-order valence-corrected chi connectivity index (χ1v) is 12.2. The number of phenols is 1. The molecule has 2 aromatic carbocycles. The molecular weight excluding hydrogens is 428 g/mol. The van der Waals surface area contributed by atoms with Crippen molar-refractivity contribution in [1.82, 2.24) is 10.2 Å². The molecule has 0 spiro atoms. The third-order valence-corrected chi connectivity index (χ3v) is 7.29. The predicted molar refractivity (Wildman–Crippen MR) is 129 cm³/mol. The number of nitrogens with one attached hydrogen (secondary N) is 1. The van der Waals surface area contributed by atoms with Gasteiger partial charge in [0.2, 0.25) is 5.91 Å². The summed E-state index contributed by atoms with van der Waals surface area (Å²) in [6.45, 7) is 5.89. The summed E-state index contributed by atoms with van der Waals surface area (Å²) < 4.78 is 5.97. The molecule has 0 saturated carbocycles. The van der Waals surface area contributed by atoms with E-state index in [1.54, 1.807) is 12.1 Å². The van der Waals surface area contributed by atoms with E-state index in [4.69, 9.17) is 4.74 Å². The molecule has 0 bridgehead atoms. The van der Waals surface area contributed by atoms with Crippen LogP contribution in [-0.4, -0.2) is 47.1 Å². The van der Waals surface area contributed by atoms with Crippen LogP contribution in [-0.2, 0) is 27.3 Å². The summed E-state index contributed by atoms with van der Waals surface area (Å²) in [7, 11) is 0. The first-order chi connectivity index (χ1) is 16.4. The van der Waals surface area contributed by atoms with Crippen molar-refractivity contribution in [3.8, 4) is 5.75 Å². The smallest absolute Gasteiger partial charge is 0.334 e. The van der Waals surface area contributed by atoms with Crippen molar-refractivity contribution in [1.29, 1.82) is 0 Å². The Morgan fingerprint density at radius 1 is 1.18 bits per heavy atom. The molecule has 3 atom stereocenters. The van der Waals surface area contributed by atoms with E-state index in [1.807, 2.05) is 29.2 Å². The Kier molecular flexibility index (Phi) is 6.17. The van der Waals surface area contributed by atoms with E-state index in [2.05, 4.69) is 31.3 Å². The monoisotopic (exact) mass is 460 g/mol. The number of carbonyl (C=O) groups is 2. The predicted octanol–water partition coefficient (Wildman–Crippen LogP) is 3.69. The van der Waals surface area contributed by atoms with Crippen LogP contribution in [0.5, 0.6) is 5.75 Å². The lowest BCUT2D eigenvalue weighted by atomic mass is 9.81. The zero-order chi connectivity index (χ0) is 23.8. The first-order valence-electron chi connectivity index (χ1n) is 12.2. The zero-order valence-electron chi connectivity index (χ0n) is 19.8. The van der Waals surface area contributed by atoms with Gasteiger partial charge < -0.3 is 20.1 Å². The number of hydrogen-bond donors (Lipinski definition) is 2. The van der Waals surface area contributed by atoms with Crippen LogP contribution in [0.3, 0.4) is 0 Å². The highest BCUT2D eigenvalue weighted by atomic mass is 16.5. The maximum absolute atomic E-state index is 13.5. The quantitative estimate of drug-likeness (QED) is 0.666. The average Bonchev–Trinajstić information content (AvgIpc) is 3.17. The Balaban J connectivity index is 1.36. The fraction of sp³-hybridized carbons (Fsp3) is 0.429. The van der Waals surface area contributed by atoms with Crippen molar-refractivity contribution >= 4 is 11.9 Å². The number of cyclic esters (lactones) is 1. The van der Waals surface area contributed by atoms with Gasteiger partial charge in [-0.15, -0.1) is 0 Å². The minimum Gasteiger partial charge on any atom is -0.508 e. The van der Waals surface area contributed by atoms with E-state index < -0.39 is 0 Å². The Hall–Kier alpha value is -3.12. The number of hydrogen-bond acceptors (Lipinski definition) is 5. The zero-order valence-corrected chi connectivity index (χ0v) is 19.8. The van der Waals surface area contributed by atoms with E-state index in [0.717, 1.165) is 28.7 Å². The Labute approximate surface area is 200 Å². The van der Waals surface area contributed by atoms with E-state index in [-0.39, 0.29) is 35.7 Å². The number of fused-ring (bicyclic) bond motifs is 1. The Morgan fingerprint density at radius 2 is 1.97 bits per heavy atom. The fourth-order valence-corrected chi connectivity index (χ4v) is 5.59. The highest BCUT2D eigenvalue weighted by Crippen LogP contribution is 2.40. The van der Waals surface area contributed by atoms with Crippen LogP contribution in [0.1, 0.15) is 49.3 Å². The summed E-state index contributed by atoms with van der Waals surface area (Å²) in [5.41, 5.74) is 5.02. The van der Waals surface area contributed by atoms with Crippen LogP contribution in [0.25, 0.3) is 0 Å². The third kappa shape index (κ3) is 4.34. The molecule has 3 heterocycles. The second kappa shape index (κ2) is 9.26. The fourth-order valence-electron chi connectivity index (χ4n) is 5.59. The highest BCUT2D eigenvalue weighted by molar-refractivity contribution is 5.94. The van der Waals surface area contributed by atoms with Crippen LogP contribution >= 0.6 is 0 Å². The number of phenolic OH excluding ortho intramolecular Hbond substituents is 1. The molecule has 3 aliphatic rings. The van der Waals surface area contributed by atoms with Crippen LogP contribution < -0.4 is 5.32 Å². The second-order valence-electron chi connectivity index (χ2n) is 10.1. The summed E-state index contributed by atoms with van der Waals surface area (Å²) in [6.07, 6.45) is 1.71. The summed E-state index contributed by atoms with van der Waals surface area (Å²) >= 11 is 0. The van der Waals surface area contributed by atoms with Gasteiger partial charge in [-0.3, -0.25) is 4.79 Å². The molecule has 0 fully saturated rings. The molecule has 3 unspecified atom stereocenters. The second-order valence-corrected chi connectivity index (χ2v) is 10.1. The van der Waals surface area contributed by atoms with Crippen molar-refractivity contribution < 1.29 is 19.4 Å². The van der Waals surface area contributed by atoms with Crippen molar-refractivity contribution in [2.45, 2.75) is 57.7 Å². The largest absolute Gasteiger partial charge is 0.508 e. The molecule has 5 rings (SSSR count). The minimum absolute atomic E-state index is 0.0588. The number of rotatable bonds is 5. The molecule has 0 saturated heterocycles. The van der Waals surface area contributed by atoms with E-state index in [0.29, 0.717) is 38.4 Å². The number of esters is 1. The standard InChI is InChI=1S/C28H32N2O4/c1-17(2)12-23(18-6-4-3-5-7-18)26-24-16-30(11-10-22(24)28(33)34-26)27(32)25-14-19-8-9-21(31)13-20(19)15-29-25/h3-9,13,17,23,25-26,29,31H,10-12,14-16H2,1-2H3. The van der Waals surface area contributed by atoms with Gasteiger partial charge in [0.05, 0.1) is 6.04 Å². The van der Waals surface area contributed by atoms with Gasteiger partial charge in [0.25, 0.3) is 0 Å². The molecule has 2 N–H and O–H groups in total. The van der Waals surface area contributed by atoms with Gasteiger partial charge in [0.15, 0.2) is 0 Å². The van der Waals surface area contributed by atoms with Gasteiger partial charge in [-0.2, -0.15) is 0 Å².